The first-order chi connectivity index (χ1) is 9.27. The lowest BCUT2D eigenvalue weighted by atomic mass is 9.82. The lowest BCUT2D eigenvalue weighted by Gasteiger charge is -2.26. The largest absolute Gasteiger partial charge is 0.481 e. The van der Waals surface area contributed by atoms with Crippen molar-refractivity contribution >= 4 is 22.0 Å². The average molecular weight is 307 g/mol. The Hall–Kier alpha value is -1.15. The maximum Gasteiger partial charge on any atom is 0.325 e. The Morgan fingerprint density at radius 1 is 1.30 bits per heavy atom. The average Bonchev–Trinajstić information content (AvgIpc) is 2.43. The van der Waals surface area contributed by atoms with Gasteiger partial charge in [0.1, 0.15) is 0 Å². The molecule has 116 valence electrons. The summed E-state index contributed by atoms with van der Waals surface area (Å²) < 4.78 is 30.5. The molecule has 0 heterocycles. The Morgan fingerprint density at radius 3 is 2.30 bits per heavy atom. The number of aliphatic carboxylic acids is 1. The summed E-state index contributed by atoms with van der Waals surface area (Å²) >= 11 is 0. The number of esters is 1. The molecule has 1 unspecified atom stereocenters. The smallest absolute Gasteiger partial charge is 0.325 e. The third-order valence-electron chi connectivity index (χ3n) is 3.77. The van der Waals surface area contributed by atoms with Crippen LogP contribution in [0.25, 0.3) is 0 Å². The summed E-state index contributed by atoms with van der Waals surface area (Å²) in [5, 5.41) is 7.63. The first-order valence-corrected chi connectivity index (χ1v) is 8.11. The van der Waals surface area contributed by atoms with Crippen LogP contribution < -0.4 is 4.72 Å². The zero-order valence-electron chi connectivity index (χ0n) is 11.7. The van der Waals surface area contributed by atoms with E-state index in [9.17, 15) is 18.0 Å². The van der Waals surface area contributed by atoms with E-state index in [4.69, 9.17) is 5.11 Å². The molecule has 1 fully saturated rings. The highest BCUT2D eigenvalue weighted by molar-refractivity contribution is 7.90. The van der Waals surface area contributed by atoms with Crippen molar-refractivity contribution < 1.29 is 27.9 Å². The second-order valence-corrected chi connectivity index (χ2v) is 7.20. The van der Waals surface area contributed by atoms with Gasteiger partial charge < -0.3 is 9.84 Å². The van der Waals surface area contributed by atoms with Crippen LogP contribution in [0.3, 0.4) is 0 Å². The number of hydrogen-bond acceptors (Lipinski definition) is 5. The van der Waals surface area contributed by atoms with Crippen LogP contribution in [0.4, 0.5) is 0 Å². The van der Waals surface area contributed by atoms with Gasteiger partial charge in [-0.2, -0.15) is 0 Å². The summed E-state index contributed by atoms with van der Waals surface area (Å²) in [7, 11) is -2.60. The molecule has 0 amide bonds. The molecular formula is C12H21NO6S. The third kappa shape index (κ3) is 4.45. The van der Waals surface area contributed by atoms with Crippen LogP contribution in [0.1, 0.15) is 32.6 Å². The fourth-order valence-electron chi connectivity index (χ4n) is 2.27. The van der Waals surface area contributed by atoms with Crippen molar-refractivity contribution in [1.82, 2.24) is 4.72 Å². The molecule has 1 saturated carbocycles. The first kappa shape index (κ1) is 16.9. The van der Waals surface area contributed by atoms with E-state index in [1.807, 2.05) is 0 Å². The lowest BCUT2D eigenvalue weighted by molar-refractivity contribution is -0.143. The first-order valence-electron chi connectivity index (χ1n) is 6.57. The Kier molecular flexibility index (Phi) is 5.94. The molecule has 2 N–H and O–H groups in total. The van der Waals surface area contributed by atoms with Crippen LogP contribution in [0.2, 0.25) is 0 Å². The molecule has 1 aliphatic carbocycles. The lowest BCUT2D eigenvalue weighted by Crippen LogP contribution is -2.41. The van der Waals surface area contributed by atoms with Crippen molar-refractivity contribution in [2.24, 2.45) is 11.8 Å². The third-order valence-corrected chi connectivity index (χ3v) is 5.46. The summed E-state index contributed by atoms with van der Waals surface area (Å²) in [5.41, 5.74) is 0. The van der Waals surface area contributed by atoms with Gasteiger partial charge in [-0.15, -0.1) is 0 Å². The number of methoxy groups -OCH3 is 1. The number of ether oxygens (including phenoxy) is 1. The van der Waals surface area contributed by atoms with Crippen molar-refractivity contribution in [2.45, 2.75) is 37.9 Å². The minimum absolute atomic E-state index is 0.116. The molecular weight excluding hydrogens is 286 g/mol. The van der Waals surface area contributed by atoms with Gasteiger partial charge in [-0.1, -0.05) is 0 Å². The van der Waals surface area contributed by atoms with Crippen molar-refractivity contribution in [3.05, 3.63) is 0 Å². The summed E-state index contributed by atoms with van der Waals surface area (Å²) in [5.74, 6) is -1.79. The fourth-order valence-corrected chi connectivity index (χ4v) is 3.33. The number of carboxylic acids is 1. The quantitative estimate of drug-likeness (QED) is 0.686. The minimum atomic E-state index is -3.74. The van der Waals surface area contributed by atoms with Crippen LogP contribution in [0.15, 0.2) is 0 Å². The number of nitrogens with one attached hydrogen (secondary N) is 1. The number of carboxylic acid groups (broad SMARTS) is 1. The topological polar surface area (TPSA) is 110 Å². The van der Waals surface area contributed by atoms with E-state index in [-0.39, 0.29) is 18.4 Å². The monoisotopic (exact) mass is 307 g/mol. The van der Waals surface area contributed by atoms with E-state index < -0.39 is 27.2 Å². The van der Waals surface area contributed by atoms with Crippen LogP contribution in [-0.4, -0.2) is 44.4 Å². The molecule has 1 atom stereocenters. The van der Waals surface area contributed by atoms with Crippen LogP contribution >= 0.6 is 0 Å². The van der Waals surface area contributed by atoms with Crippen LogP contribution in [0, 0.1) is 11.8 Å². The number of carbonyl (C=O) groups is 2. The van der Waals surface area contributed by atoms with Gasteiger partial charge in [0.05, 0.1) is 13.0 Å². The molecule has 0 aliphatic heterocycles. The maximum atomic E-state index is 11.8. The van der Waals surface area contributed by atoms with Gasteiger partial charge in [0.25, 0.3) is 0 Å². The molecule has 0 saturated heterocycles. The molecule has 20 heavy (non-hydrogen) atoms. The highest BCUT2D eigenvalue weighted by atomic mass is 32.2. The molecule has 1 aliphatic rings. The summed E-state index contributed by atoms with van der Waals surface area (Å²) in [6.07, 6.45) is 2.47. The number of rotatable bonds is 6. The van der Waals surface area contributed by atoms with Gasteiger partial charge in [-0.25, -0.2) is 13.1 Å². The molecule has 0 aromatic rings. The summed E-state index contributed by atoms with van der Waals surface area (Å²) in [4.78, 5) is 22.0. The number of carbonyl (C=O) groups excluding carboxylic acids is 1. The zero-order chi connectivity index (χ0) is 15.3. The van der Waals surface area contributed by atoms with Crippen molar-refractivity contribution in [3.63, 3.8) is 0 Å². The molecule has 0 aromatic carbocycles. The molecule has 0 spiro atoms. The van der Waals surface area contributed by atoms with Crippen molar-refractivity contribution in [2.75, 3.05) is 13.7 Å². The van der Waals surface area contributed by atoms with Gasteiger partial charge in [-0.05, 0) is 38.5 Å². The molecule has 0 bridgehead atoms. The standard InChI is InChI=1S/C12H21NO6S/c1-8(12(16)19-2)20(17,18)13-7-9-3-5-10(6-4-9)11(14)15/h8-10,13H,3-7H2,1-2H3,(H,14,15). The summed E-state index contributed by atoms with van der Waals surface area (Å²) in [6.45, 7) is 1.51. The molecule has 0 radical (unpaired) electrons. The van der Waals surface area contributed by atoms with E-state index in [1.165, 1.54) is 6.92 Å². The fraction of sp³-hybridized carbons (Fsp3) is 0.833. The Bertz CT molecular complexity index is 453. The molecule has 1 rings (SSSR count). The van der Waals surface area contributed by atoms with Gasteiger partial charge >= 0.3 is 11.9 Å². The maximum absolute atomic E-state index is 11.8. The van der Waals surface area contributed by atoms with E-state index >= 15 is 0 Å². The van der Waals surface area contributed by atoms with E-state index in [0.29, 0.717) is 25.7 Å². The van der Waals surface area contributed by atoms with Crippen LogP contribution in [-0.2, 0) is 24.3 Å². The molecule has 7 nitrogen and oxygen atoms in total. The van der Waals surface area contributed by atoms with Gasteiger partial charge in [0, 0.05) is 6.54 Å². The predicted molar refractivity (Wildman–Crippen MR) is 71.5 cm³/mol. The predicted octanol–water partition coefficient (Wildman–Crippen LogP) is 0.358. The molecule has 8 heteroatoms. The van der Waals surface area contributed by atoms with Gasteiger partial charge in [0.2, 0.25) is 10.0 Å². The second kappa shape index (κ2) is 7.03. The van der Waals surface area contributed by atoms with Crippen molar-refractivity contribution in [3.8, 4) is 0 Å². The van der Waals surface area contributed by atoms with E-state index in [0.717, 1.165) is 7.11 Å². The van der Waals surface area contributed by atoms with Gasteiger partial charge in [-0.3, -0.25) is 9.59 Å². The number of hydrogen-bond donors (Lipinski definition) is 2. The van der Waals surface area contributed by atoms with Crippen LogP contribution in [0.5, 0.6) is 0 Å². The van der Waals surface area contributed by atoms with Gasteiger partial charge in [0.15, 0.2) is 5.25 Å². The highest BCUT2D eigenvalue weighted by Gasteiger charge is 2.31. The van der Waals surface area contributed by atoms with Crippen molar-refractivity contribution in [1.29, 1.82) is 0 Å². The normalized spacial score (nSPS) is 24.9. The Balaban J connectivity index is 2.44. The number of sulfonamides is 1. The zero-order valence-corrected chi connectivity index (χ0v) is 12.5. The summed E-state index contributed by atoms with van der Waals surface area (Å²) in [6, 6.07) is 0. The highest BCUT2D eigenvalue weighted by Crippen LogP contribution is 2.28. The Morgan fingerprint density at radius 2 is 1.85 bits per heavy atom. The SMILES string of the molecule is COC(=O)C(C)S(=O)(=O)NCC1CCC(C(=O)O)CC1. The second-order valence-electron chi connectivity index (χ2n) is 5.11. The van der Waals surface area contributed by atoms with E-state index in [1.54, 1.807) is 0 Å². The van der Waals surface area contributed by atoms with E-state index in [2.05, 4.69) is 9.46 Å². The minimum Gasteiger partial charge on any atom is -0.481 e. The molecule has 0 aromatic heterocycles. The Labute approximate surface area is 118 Å².